The number of carboxylic acid groups (broad SMARTS) is 1. The molecule has 0 bridgehead atoms. The van der Waals surface area contributed by atoms with Crippen LogP contribution in [0.15, 0.2) is 18.2 Å². The number of benzene rings is 1. The SMILES string of the molecule is CC(C)(C)OC(=O)N1C[C@@H](Nc2cccc3c2C(=O)N(C2CCC(=O)NC2=O)C3=O)C[C@@H]1C(=O)O. The van der Waals surface area contributed by atoms with Crippen LogP contribution in [-0.2, 0) is 19.1 Å². The predicted molar refractivity (Wildman–Crippen MR) is 120 cm³/mol. The molecule has 0 spiro atoms. The number of likely N-dealkylation sites (tertiary alicyclic amines) is 1. The Morgan fingerprint density at radius 2 is 1.86 bits per heavy atom. The molecule has 2 fully saturated rings. The van der Waals surface area contributed by atoms with Gasteiger partial charge in [-0.3, -0.25) is 34.3 Å². The van der Waals surface area contributed by atoms with E-state index in [2.05, 4.69) is 10.6 Å². The van der Waals surface area contributed by atoms with Crippen molar-refractivity contribution in [2.75, 3.05) is 11.9 Å². The van der Waals surface area contributed by atoms with Crippen molar-refractivity contribution in [3.8, 4) is 0 Å². The van der Waals surface area contributed by atoms with Crippen LogP contribution < -0.4 is 10.6 Å². The maximum absolute atomic E-state index is 13.3. The maximum atomic E-state index is 13.3. The van der Waals surface area contributed by atoms with Gasteiger partial charge in [0.05, 0.1) is 11.1 Å². The number of amides is 5. The third-order valence-electron chi connectivity index (χ3n) is 6.04. The van der Waals surface area contributed by atoms with Crippen LogP contribution in [-0.4, -0.2) is 80.9 Å². The van der Waals surface area contributed by atoms with E-state index in [1.165, 1.54) is 6.07 Å². The molecule has 35 heavy (non-hydrogen) atoms. The molecule has 4 rings (SSSR count). The molecule has 0 radical (unpaired) electrons. The van der Waals surface area contributed by atoms with E-state index in [9.17, 15) is 33.9 Å². The van der Waals surface area contributed by atoms with Gasteiger partial charge in [0.15, 0.2) is 0 Å². The molecule has 3 N–H and O–H groups in total. The summed E-state index contributed by atoms with van der Waals surface area (Å²) in [5.74, 6) is -3.69. The van der Waals surface area contributed by atoms with Crippen molar-refractivity contribution >= 4 is 41.4 Å². The number of carbonyl (C=O) groups excluding carboxylic acids is 5. The standard InChI is InChI=1S/C23H26N4O8/c1-23(2,3)35-22(34)26-10-11(9-15(26)21(32)33)24-13-6-4-5-12-17(13)20(31)27(19(12)30)14-7-8-16(28)25-18(14)29/h4-6,11,14-15,24H,7-10H2,1-3H3,(H,32,33)(H,25,28,29)/t11-,14?,15+/m0/s1. The van der Waals surface area contributed by atoms with Gasteiger partial charge in [-0.15, -0.1) is 0 Å². The summed E-state index contributed by atoms with van der Waals surface area (Å²) in [7, 11) is 0. The maximum Gasteiger partial charge on any atom is 0.411 e. The number of ether oxygens (including phenoxy) is 1. The van der Waals surface area contributed by atoms with Crippen LogP contribution in [0.4, 0.5) is 10.5 Å². The van der Waals surface area contributed by atoms with E-state index in [4.69, 9.17) is 4.74 Å². The van der Waals surface area contributed by atoms with Crippen LogP contribution in [0.3, 0.4) is 0 Å². The van der Waals surface area contributed by atoms with Crippen molar-refractivity contribution in [3.05, 3.63) is 29.3 Å². The van der Waals surface area contributed by atoms with Crippen molar-refractivity contribution in [1.29, 1.82) is 0 Å². The molecule has 0 saturated carbocycles. The lowest BCUT2D eigenvalue weighted by Crippen LogP contribution is -2.54. The van der Waals surface area contributed by atoms with Gasteiger partial charge in [-0.2, -0.15) is 0 Å². The minimum Gasteiger partial charge on any atom is -0.480 e. The Kier molecular flexibility index (Phi) is 5.99. The van der Waals surface area contributed by atoms with E-state index < -0.39 is 59.4 Å². The van der Waals surface area contributed by atoms with Gasteiger partial charge < -0.3 is 15.2 Å². The molecular formula is C23H26N4O8. The van der Waals surface area contributed by atoms with Gasteiger partial charge in [-0.1, -0.05) is 6.07 Å². The summed E-state index contributed by atoms with van der Waals surface area (Å²) >= 11 is 0. The fourth-order valence-corrected chi connectivity index (χ4v) is 4.55. The molecule has 1 aromatic rings. The normalized spacial score (nSPS) is 24.4. The third kappa shape index (κ3) is 4.55. The van der Waals surface area contributed by atoms with Crippen molar-refractivity contribution in [2.24, 2.45) is 0 Å². The Hall–Kier alpha value is -3.96. The third-order valence-corrected chi connectivity index (χ3v) is 6.04. The number of hydrogen-bond acceptors (Lipinski definition) is 8. The van der Waals surface area contributed by atoms with Gasteiger partial charge in [-0.25, -0.2) is 9.59 Å². The number of piperidine rings is 1. The molecule has 3 aliphatic rings. The first-order valence-corrected chi connectivity index (χ1v) is 11.2. The summed E-state index contributed by atoms with van der Waals surface area (Å²) in [5.41, 5.74) is -0.361. The Morgan fingerprint density at radius 1 is 1.14 bits per heavy atom. The van der Waals surface area contributed by atoms with Gasteiger partial charge in [-0.05, 0) is 39.3 Å². The van der Waals surface area contributed by atoms with Crippen LogP contribution >= 0.6 is 0 Å². The lowest BCUT2D eigenvalue weighted by molar-refractivity contribution is -0.142. The summed E-state index contributed by atoms with van der Waals surface area (Å²) < 4.78 is 5.33. The zero-order valence-electron chi connectivity index (χ0n) is 19.5. The van der Waals surface area contributed by atoms with Crippen LogP contribution in [0.5, 0.6) is 0 Å². The molecule has 12 heteroatoms. The fraction of sp³-hybridized carbons (Fsp3) is 0.478. The van der Waals surface area contributed by atoms with E-state index >= 15 is 0 Å². The molecule has 1 aromatic carbocycles. The van der Waals surface area contributed by atoms with Crippen LogP contribution in [0.2, 0.25) is 0 Å². The predicted octanol–water partition coefficient (Wildman–Crippen LogP) is 0.962. The number of aliphatic carboxylic acids is 1. The first kappa shape index (κ1) is 24.2. The van der Waals surface area contributed by atoms with Crippen LogP contribution in [0, 0.1) is 0 Å². The number of carboxylic acids is 1. The molecule has 5 amide bonds. The average Bonchev–Trinajstić information content (AvgIpc) is 3.28. The van der Waals surface area contributed by atoms with Crippen molar-refractivity contribution in [2.45, 2.75) is 63.8 Å². The topological polar surface area (TPSA) is 162 Å². The summed E-state index contributed by atoms with van der Waals surface area (Å²) in [4.78, 5) is 76.4. The molecule has 3 heterocycles. The highest BCUT2D eigenvalue weighted by molar-refractivity contribution is 6.25. The van der Waals surface area contributed by atoms with Crippen molar-refractivity contribution in [3.63, 3.8) is 0 Å². The van der Waals surface area contributed by atoms with E-state index in [1.807, 2.05) is 0 Å². The second kappa shape index (κ2) is 8.67. The van der Waals surface area contributed by atoms with E-state index in [0.29, 0.717) is 0 Å². The number of rotatable bonds is 4. The number of hydrogen-bond donors (Lipinski definition) is 3. The van der Waals surface area contributed by atoms with E-state index in [0.717, 1.165) is 9.80 Å². The highest BCUT2D eigenvalue weighted by Crippen LogP contribution is 2.34. The zero-order chi connectivity index (χ0) is 25.7. The Bertz CT molecular complexity index is 1140. The van der Waals surface area contributed by atoms with Gasteiger partial charge in [0.2, 0.25) is 11.8 Å². The molecule has 3 aliphatic heterocycles. The molecular weight excluding hydrogens is 460 g/mol. The first-order valence-electron chi connectivity index (χ1n) is 11.2. The average molecular weight is 486 g/mol. The number of imide groups is 2. The lowest BCUT2D eigenvalue weighted by Gasteiger charge is -2.28. The second-order valence-corrected chi connectivity index (χ2v) is 9.74. The number of carbonyl (C=O) groups is 6. The zero-order valence-corrected chi connectivity index (χ0v) is 19.5. The minimum atomic E-state index is -1.19. The quantitative estimate of drug-likeness (QED) is 0.526. The van der Waals surface area contributed by atoms with E-state index in [1.54, 1.807) is 32.9 Å². The number of nitrogens with zero attached hydrogens (tertiary/aromatic N) is 2. The van der Waals surface area contributed by atoms with Gasteiger partial charge >= 0.3 is 12.1 Å². The molecule has 2 saturated heterocycles. The molecule has 0 aliphatic carbocycles. The Labute approximate surface area is 200 Å². The van der Waals surface area contributed by atoms with Crippen LogP contribution in [0.25, 0.3) is 0 Å². The second-order valence-electron chi connectivity index (χ2n) is 9.74. The first-order chi connectivity index (χ1) is 16.4. The molecule has 3 atom stereocenters. The molecule has 0 aromatic heterocycles. The molecule has 186 valence electrons. The van der Waals surface area contributed by atoms with Gasteiger partial charge in [0, 0.05) is 31.1 Å². The van der Waals surface area contributed by atoms with Crippen molar-refractivity contribution in [1.82, 2.24) is 15.1 Å². The molecule has 12 nitrogen and oxygen atoms in total. The summed E-state index contributed by atoms with van der Waals surface area (Å²) in [6.45, 7) is 5.04. The largest absolute Gasteiger partial charge is 0.480 e. The highest BCUT2D eigenvalue weighted by atomic mass is 16.6. The summed E-state index contributed by atoms with van der Waals surface area (Å²) in [5, 5.41) is 14.9. The number of fused-ring (bicyclic) bond motifs is 1. The Morgan fingerprint density at radius 3 is 2.49 bits per heavy atom. The number of nitrogens with one attached hydrogen (secondary N) is 2. The monoisotopic (exact) mass is 486 g/mol. The lowest BCUT2D eigenvalue weighted by atomic mass is 10.0. The van der Waals surface area contributed by atoms with E-state index in [-0.39, 0.29) is 42.6 Å². The van der Waals surface area contributed by atoms with Crippen molar-refractivity contribution < 1.29 is 38.6 Å². The minimum absolute atomic E-state index is 0.00801. The highest BCUT2D eigenvalue weighted by Gasteiger charge is 2.47. The summed E-state index contributed by atoms with van der Waals surface area (Å²) in [6, 6.07) is 1.84. The summed E-state index contributed by atoms with van der Waals surface area (Å²) in [6.07, 6.45) is -0.666. The fourth-order valence-electron chi connectivity index (χ4n) is 4.55. The van der Waals surface area contributed by atoms with Gasteiger partial charge in [0.25, 0.3) is 11.8 Å². The van der Waals surface area contributed by atoms with Crippen LogP contribution in [0.1, 0.15) is 60.7 Å². The van der Waals surface area contributed by atoms with Gasteiger partial charge in [0.1, 0.15) is 17.7 Å². The molecule has 1 unspecified atom stereocenters. The Balaban J connectivity index is 1.56. The number of anilines is 1. The smallest absolute Gasteiger partial charge is 0.411 e.